The molecule has 3 rings (SSSR count). The van der Waals surface area contributed by atoms with Crippen LogP contribution in [0.4, 0.5) is 5.69 Å². The number of fused-ring (bicyclic) bond motifs is 1. The smallest absolute Gasteiger partial charge is 0.243 e. The van der Waals surface area contributed by atoms with E-state index < -0.39 is 0 Å². The van der Waals surface area contributed by atoms with Crippen molar-refractivity contribution in [3.63, 3.8) is 0 Å². The number of thioether (sulfide) groups is 1. The maximum atomic E-state index is 12.0. The number of anilines is 1. The molecule has 1 heterocycles. The first-order valence-electron chi connectivity index (χ1n) is 9.17. The summed E-state index contributed by atoms with van der Waals surface area (Å²) in [5.74, 6) is 1.71. The summed E-state index contributed by atoms with van der Waals surface area (Å²) < 4.78 is 0. The zero-order valence-corrected chi connectivity index (χ0v) is 16.7. The largest absolute Gasteiger partial charge is 0.355 e. The van der Waals surface area contributed by atoms with Crippen molar-refractivity contribution in [2.75, 3.05) is 44.4 Å². The third-order valence-corrected chi connectivity index (χ3v) is 5.42. The van der Waals surface area contributed by atoms with Crippen LogP contribution in [0.15, 0.2) is 64.5 Å². The third kappa shape index (κ3) is 5.26. The van der Waals surface area contributed by atoms with Crippen LogP contribution < -0.4 is 10.2 Å². The number of hydrogen-bond donors (Lipinski definition) is 1. The monoisotopic (exact) mass is 382 g/mol. The van der Waals surface area contributed by atoms with E-state index in [0.717, 1.165) is 31.2 Å². The highest BCUT2D eigenvalue weighted by Crippen LogP contribution is 2.27. The lowest BCUT2D eigenvalue weighted by Gasteiger charge is -2.23. The molecule has 0 aromatic heterocycles. The van der Waals surface area contributed by atoms with Gasteiger partial charge in [-0.1, -0.05) is 36.4 Å². The summed E-state index contributed by atoms with van der Waals surface area (Å²) in [5, 5.41) is 3.45. The molecule has 6 heteroatoms. The molecule has 0 radical (unpaired) electrons. The van der Waals surface area contributed by atoms with Crippen molar-refractivity contribution in [1.82, 2.24) is 10.2 Å². The minimum absolute atomic E-state index is 0.000410. The van der Waals surface area contributed by atoms with E-state index in [1.807, 2.05) is 23.9 Å². The van der Waals surface area contributed by atoms with Crippen molar-refractivity contribution in [2.24, 2.45) is 4.99 Å². The van der Waals surface area contributed by atoms with E-state index in [2.05, 4.69) is 57.7 Å². The van der Waals surface area contributed by atoms with Crippen molar-refractivity contribution >= 4 is 29.3 Å². The summed E-state index contributed by atoms with van der Waals surface area (Å²) in [5.41, 5.74) is 2.50. The first-order valence-corrected chi connectivity index (χ1v) is 10.2. The number of guanidine groups is 1. The van der Waals surface area contributed by atoms with E-state index >= 15 is 0 Å². The molecule has 27 heavy (non-hydrogen) atoms. The normalized spacial score (nSPS) is 13.4. The molecule has 5 nitrogen and oxygen atoms in total. The van der Waals surface area contributed by atoms with Gasteiger partial charge in [-0.3, -0.25) is 4.79 Å². The van der Waals surface area contributed by atoms with Crippen molar-refractivity contribution in [1.29, 1.82) is 0 Å². The summed E-state index contributed by atoms with van der Waals surface area (Å²) in [4.78, 5) is 21.6. The number of nitrogens with zero attached hydrogens (tertiary/aromatic N) is 3. The average molecular weight is 383 g/mol. The van der Waals surface area contributed by atoms with Crippen molar-refractivity contribution in [2.45, 2.75) is 11.3 Å². The maximum Gasteiger partial charge on any atom is 0.243 e. The van der Waals surface area contributed by atoms with Gasteiger partial charge in [0.05, 0.1) is 0 Å². The molecule has 0 fully saturated rings. The van der Waals surface area contributed by atoms with Crippen LogP contribution in [-0.4, -0.2) is 56.2 Å². The van der Waals surface area contributed by atoms with E-state index in [9.17, 15) is 4.79 Å². The molecule has 0 spiro atoms. The molecule has 1 aliphatic rings. The SMILES string of the molecule is CN(C)C(=O)CN=C(NCCSc1ccccc1)N1CCc2ccccc21. The van der Waals surface area contributed by atoms with Gasteiger partial charge in [-0.25, -0.2) is 4.99 Å². The Balaban J connectivity index is 1.65. The van der Waals surface area contributed by atoms with Gasteiger partial charge in [-0.05, 0) is 30.2 Å². The van der Waals surface area contributed by atoms with E-state index in [1.165, 1.54) is 16.1 Å². The first-order chi connectivity index (χ1) is 13.1. The van der Waals surface area contributed by atoms with Crippen LogP contribution in [0.3, 0.4) is 0 Å². The lowest BCUT2D eigenvalue weighted by atomic mass is 10.2. The van der Waals surface area contributed by atoms with Gasteiger partial charge in [-0.15, -0.1) is 11.8 Å². The van der Waals surface area contributed by atoms with Crippen LogP contribution >= 0.6 is 11.8 Å². The Labute approximate surface area is 165 Å². The number of nitrogens with one attached hydrogen (secondary N) is 1. The van der Waals surface area contributed by atoms with Crippen LogP contribution in [0.1, 0.15) is 5.56 Å². The molecule has 142 valence electrons. The number of amides is 1. The Morgan fingerprint density at radius 3 is 2.67 bits per heavy atom. The van der Waals surface area contributed by atoms with Crippen LogP contribution in [0.25, 0.3) is 0 Å². The molecule has 1 aliphatic heterocycles. The summed E-state index contributed by atoms with van der Waals surface area (Å²) in [7, 11) is 3.51. The number of carbonyl (C=O) groups excluding carboxylic acids is 1. The number of hydrogen-bond acceptors (Lipinski definition) is 3. The highest BCUT2D eigenvalue weighted by Gasteiger charge is 2.22. The molecule has 0 bridgehead atoms. The predicted molar refractivity (Wildman–Crippen MR) is 114 cm³/mol. The number of para-hydroxylation sites is 1. The lowest BCUT2D eigenvalue weighted by molar-refractivity contribution is -0.127. The summed E-state index contributed by atoms with van der Waals surface area (Å²) in [6, 6.07) is 18.8. The standard InChI is InChI=1S/C21H26N4OS/c1-24(2)20(26)16-23-21(22-13-15-27-18-9-4-3-5-10-18)25-14-12-17-8-6-7-11-19(17)25/h3-11H,12-16H2,1-2H3,(H,22,23). The number of benzene rings is 2. The highest BCUT2D eigenvalue weighted by atomic mass is 32.2. The molecule has 0 atom stereocenters. The zero-order chi connectivity index (χ0) is 19.1. The summed E-state index contributed by atoms with van der Waals surface area (Å²) in [6.07, 6.45) is 0.997. The van der Waals surface area contributed by atoms with Crippen LogP contribution in [0, 0.1) is 0 Å². The number of carbonyl (C=O) groups is 1. The Morgan fingerprint density at radius 2 is 1.89 bits per heavy atom. The Morgan fingerprint density at radius 1 is 1.15 bits per heavy atom. The first kappa shape index (κ1) is 19.3. The highest BCUT2D eigenvalue weighted by molar-refractivity contribution is 7.99. The van der Waals surface area contributed by atoms with Crippen molar-refractivity contribution in [3.8, 4) is 0 Å². The number of rotatable bonds is 6. The molecular formula is C21H26N4OS. The van der Waals surface area contributed by atoms with E-state index in [4.69, 9.17) is 0 Å². The van der Waals surface area contributed by atoms with Crippen LogP contribution in [0.5, 0.6) is 0 Å². The Hall–Kier alpha value is -2.47. The third-order valence-electron chi connectivity index (χ3n) is 4.40. The number of likely N-dealkylation sites (N-methyl/N-ethyl adjacent to an activating group) is 1. The molecule has 0 unspecified atom stereocenters. The van der Waals surface area contributed by atoms with E-state index in [0.29, 0.717) is 0 Å². The van der Waals surface area contributed by atoms with Gasteiger partial charge >= 0.3 is 0 Å². The zero-order valence-electron chi connectivity index (χ0n) is 15.9. The molecule has 1 N–H and O–H groups in total. The molecule has 0 saturated heterocycles. The summed E-state index contributed by atoms with van der Waals surface area (Å²) in [6.45, 7) is 1.82. The average Bonchev–Trinajstić information content (AvgIpc) is 3.12. The lowest BCUT2D eigenvalue weighted by Crippen LogP contribution is -2.42. The fourth-order valence-corrected chi connectivity index (χ4v) is 3.72. The van der Waals surface area contributed by atoms with Crippen LogP contribution in [0.2, 0.25) is 0 Å². The van der Waals surface area contributed by atoms with Gasteiger partial charge in [0.1, 0.15) is 6.54 Å². The number of aliphatic imine (C=N–C) groups is 1. The molecular weight excluding hydrogens is 356 g/mol. The maximum absolute atomic E-state index is 12.0. The second-order valence-electron chi connectivity index (χ2n) is 6.55. The quantitative estimate of drug-likeness (QED) is 0.361. The van der Waals surface area contributed by atoms with Gasteiger partial charge in [0, 0.05) is 43.5 Å². The van der Waals surface area contributed by atoms with Gasteiger partial charge in [0.15, 0.2) is 5.96 Å². The van der Waals surface area contributed by atoms with Crippen LogP contribution in [-0.2, 0) is 11.2 Å². The Kier molecular flexibility index (Phi) is 6.76. The van der Waals surface area contributed by atoms with E-state index in [1.54, 1.807) is 19.0 Å². The van der Waals surface area contributed by atoms with Gasteiger partial charge in [0.2, 0.25) is 5.91 Å². The molecule has 2 aromatic rings. The molecule has 2 aromatic carbocycles. The topological polar surface area (TPSA) is 47.9 Å². The molecule has 0 saturated carbocycles. The second-order valence-corrected chi connectivity index (χ2v) is 7.71. The predicted octanol–water partition coefficient (Wildman–Crippen LogP) is 2.88. The van der Waals surface area contributed by atoms with E-state index in [-0.39, 0.29) is 12.5 Å². The van der Waals surface area contributed by atoms with Gasteiger partial charge < -0.3 is 15.1 Å². The fourth-order valence-electron chi connectivity index (χ4n) is 2.93. The minimum Gasteiger partial charge on any atom is -0.355 e. The molecule has 0 aliphatic carbocycles. The van der Waals surface area contributed by atoms with Crippen molar-refractivity contribution < 1.29 is 4.79 Å². The molecule has 1 amide bonds. The van der Waals surface area contributed by atoms with Crippen molar-refractivity contribution in [3.05, 3.63) is 60.2 Å². The Bertz CT molecular complexity index is 792. The minimum atomic E-state index is 0.000410. The fraction of sp³-hybridized carbons (Fsp3) is 0.333. The summed E-state index contributed by atoms with van der Waals surface area (Å²) >= 11 is 1.81. The van der Waals surface area contributed by atoms with Gasteiger partial charge in [-0.2, -0.15) is 0 Å². The van der Waals surface area contributed by atoms with Gasteiger partial charge in [0.25, 0.3) is 0 Å². The second kappa shape index (κ2) is 9.46.